The smallest absolute Gasteiger partial charge is 0.257 e. The van der Waals surface area contributed by atoms with E-state index in [-0.39, 0.29) is 5.91 Å². The minimum atomic E-state index is -0.149. The first-order valence-corrected chi connectivity index (χ1v) is 8.49. The Labute approximate surface area is 151 Å². The van der Waals surface area contributed by atoms with Gasteiger partial charge in [0.25, 0.3) is 5.91 Å². The molecule has 4 rings (SSSR count). The molecule has 2 aromatic heterocycles. The number of aromatic nitrogens is 3. The van der Waals surface area contributed by atoms with Crippen molar-refractivity contribution in [1.82, 2.24) is 14.5 Å². The summed E-state index contributed by atoms with van der Waals surface area (Å²) in [6.07, 6.45) is 6.84. The lowest BCUT2D eigenvalue weighted by Crippen LogP contribution is -2.37. The molecule has 0 atom stereocenters. The summed E-state index contributed by atoms with van der Waals surface area (Å²) in [5.41, 5.74) is 2.22. The topological polar surface area (TPSA) is 72.3 Å². The molecule has 0 bridgehead atoms. The Bertz CT molecular complexity index is 871. The number of carbonyl (C=O) groups is 1. The van der Waals surface area contributed by atoms with Gasteiger partial charge >= 0.3 is 0 Å². The van der Waals surface area contributed by atoms with Crippen molar-refractivity contribution in [3.63, 3.8) is 0 Å². The minimum absolute atomic E-state index is 0.149. The maximum absolute atomic E-state index is 12.8. The summed E-state index contributed by atoms with van der Waals surface area (Å²) in [6, 6.07) is 11.3. The number of imidazole rings is 1. The van der Waals surface area contributed by atoms with Crippen molar-refractivity contribution in [2.45, 2.75) is 0 Å². The van der Waals surface area contributed by atoms with Gasteiger partial charge in [-0.3, -0.25) is 9.36 Å². The molecule has 1 aromatic carbocycles. The zero-order valence-corrected chi connectivity index (χ0v) is 14.2. The number of pyridine rings is 1. The lowest BCUT2D eigenvalue weighted by molar-refractivity contribution is 0.102. The zero-order valence-electron chi connectivity index (χ0n) is 14.2. The molecule has 1 amide bonds. The quantitative estimate of drug-likeness (QED) is 0.783. The maximum atomic E-state index is 12.8. The second-order valence-corrected chi connectivity index (χ2v) is 5.95. The minimum Gasteiger partial charge on any atom is -0.378 e. The maximum Gasteiger partial charge on any atom is 0.257 e. The van der Waals surface area contributed by atoms with E-state index in [0.29, 0.717) is 24.5 Å². The van der Waals surface area contributed by atoms with Crippen LogP contribution >= 0.6 is 0 Å². The number of amides is 1. The Balaban J connectivity index is 1.51. The van der Waals surface area contributed by atoms with E-state index >= 15 is 0 Å². The number of nitrogens with zero attached hydrogens (tertiary/aromatic N) is 4. The van der Waals surface area contributed by atoms with E-state index in [1.165, 1.54) is 0 Å². The molecule has 0 unspecified atom stereocenters. The highest BCUT2D eigenvalue weighted by Crippen LogP contribution is 2.22. The third kappa shape index (κ3) is 3.43. The van der Waals surface area contributed by atoms with E-state index in [4.69, 9.17) is 4.74 Å². The van der Waals surface area contributed by atoms with Gasteiger partial charge in [0.2, 0.25) is 0 Å². The zero-order chi connectivity index (χ0) is 17.8. The number of rotatable bonds is 4. The summed E-state index contributed by atoms with van der Waals surface area (Å²) in [6.45, 7) is 2.92. The predicted octanol–water partition coefficient (Wildman–Crippen LogP) is 2.36. The summed E-state index contributed by atoms with van der Waals surface area (Å²) < 4.78 is 7.21. The molecule has 0 spiro atoms. The van der Waals surface area contributed by atoms with Crippen LogP contribution in [0.15, 0.2) is 61.3 Å². The van der Waals surface area contributed by atoms with Crippen molar-refractivity contribution in [3.05, 3.63) is 66.9 Å². The molecule has 3 aromatic rings. The van der Waals surface area contributed by atoms with E-state index < -0.39 is 0 Å². The van der Waals surface area contributed by atoms with Crippen molar-refractivity contribution >= 4 is 17.3 Å². The van der Waals surface area contributed by atoms with Crippen molar-refractivity contribution in [1.29, 1.82) is 0 Å². The first kappa shape index (κ1) is 16.3. The van der Waals surface area contributed by atoms with Gasteiger partial charge in [-0.2, -0.15) is 0 Å². The molecule has 3 heterocycles. The van der Waals surface area contributed by atoms with Gasteiger partial charge in [0, 0.05) is 31.2 Å². The van der Waals surface area contributed by atoms with Crippen molar-refractivity contribution < 1.29 is 9.53 Å². The number of para-hydroxylation sites is 1. The Morgan fingerprint density at radius 1 is 1.12 bits per heavy atom. The molecule has 1 N–H and O–H groups in total. The average molecular weight is 349 g/mol. The number of nitrogens with one attached hydrogen (secondary N) is 1. The molecule has 0 aliphatic carbocycles. The highest BCUT2D eigenvalue weighted by atomic mass is 16.5. The van der Waals surface area contributed by atoms with Crippen LogP contribution in [0.25, 0.3) is 5.82 Å². The Morgan fingerprint density at radius 3 is 2.69 bits per heavy atom. The van der Waals surface area contributed by atoms with Gasteiger partial charge in [-0.25, -0.2) is 9.97 Å². The van der Waals surface area contributed by atoms with Gasteiger partial charge in [-0.15, -0.1) is 0 Å². The predicted molar refractivity (Wildman–Crippen MR) is 98.8 cm³/mol. The van der Waals surface area contributed by atoms with Gasteiger partial charge < -0.3 is 15.0 Å². The highest BCUT2D eigenvalue weighted by Gasteiger charge is 2.18. The molecule has 1 aliphatic heterocycles. The second-order valence-electron chi connectivity index (χ2n) is 5.95. The molecule has 1 saturated heterocycles. The van der Waals surface area contributed by atoms with E-state index in [0.717, 1.165) is 24.6 Å². The fourth-order valence-electron chi connectivity index (χ4n) is 2.95. The van der Waals surface area contributed by atoms with E-state index in [1.54, 1.807) is 23.3 Å². The molecule has 1 aliphatic rings. The molecule has 1 fully saturated rings. The van der Waals surface area contributed by atoms with Crippen molar-refractivity contribution in [2.24, 2.45) is 0 Å². The van der Waals surface area contributed by atoms with Crippen LogP contribution in [0.2, 0.25) is 0 Å². The molecule has 7 heteroatoms. The third-order valence-electron chi connectivity index (χ3n) is 4.28. The molecular formula is C19H19N5O2. The summed E-state index contributed by atoms with van der Waals surface area (Å²) >= 11 is 0. The normalized spacial score (nSPS) is 14.2. The van der Waals surface area contributed by atoms with Crippen LogP contribution in [-0.2, 0) is 4.74 Å². The van der Waals surface area contributed by atoms with Crippen LogP contribution in [0.4, 0.5) is 11.4 Å². The molecule has 7 nitrogen and oxygen atoms in total. The first-order chi connectivity index (χ1) is 12.8. The van der Waals surface area contributed by atoms with Crippen LogP contribution in [0, 0.1) is 0 Å². The number of hydrogen-bond acceptors (Lipinski definition) is 5. The molecular weight excluding hydrogens is 330 g/mol. The van der Waals surface area contributed by atoms with Crippen molar-refractivity contribution in [2.75, 3.05) is 36.5 Å². The fourth-order valence-corrected chi connectivity index (χ4v) is 2.95. The van der Waals surface area contributed by atoms with E-state index in [2.05, 4.69) is 20.2 Å². The Kier molecular flexibility index (Phi) is 4.61. The summed E-state index contributed by atoms with van der Waals surface area (Å²) in [4.78, 5) is 23.3. The van der Waals surface area contributed by atoms with Crippen LogP contribution in [0.1, 0.15) is 10.4 Å². The first-order valence-electron chi connectivity index (χ1n) is 8.49. The van der Waals surface area contributed by atoms with Crippen molar-refractivity contribution in [3.8, 4) is 5.82 Å². The standard InChI is InChI=1S/C19H19N5O2/c25-19(16-3-1-2-4-17(16)23-9-11-26-12-10-23)22-15-5-6-18(21-13-15)24-8-7-20-14-24/h1-8,13-14H,9-12H2,(H,22,25). The Morgan fingerprint density at radius 2 is 1.96 bits per heavy atom. The van der Waals surface area contributed by atoms with Gasteiger partial charge in [0.05, 0.1) is 30.7 Å². The summed E-state index contributed by atoms with van der Waals surface area (Å²) in [5, 5.41) is 2.93. The van der Waals surface area contributed by atoms with Gasteiger partial charge in [-0.1, -0.05) is 12.1 Å². The lowest BCUT2D eigenvalue weighted by Gasteiger charge is -2.30. The average Bonchev–Trinajstić information content (AvgIpc) is 3.24. The van der Waals surface area contributed by atoms with Crippen LogP contribution in [0.3, 0.4) is 0 Å². The number of ether oxygens (including phenoxy) is 1. The van der Waals surface area contributed by atoms with Crippen LogP contribution in [0.5, 0.6) is 0 Å². The lowest BCUT2D eigenvalue weighted by atomic mass is 10.1. The molecule has 26 heavy (non-hydrogen) atoms. The monoisotopic (exact) mass is 349 g/mol. The number of morpholine rings is 1. The third-order valence-corrected chi connectivity index (χ3v) is 4.28. The number of anilines is 2. The Hall–Kier alpha value is -3.19. The summed E-state index contributed by atoms with van der Waals surface area (Å²) in [7, 11) is 0. The molecule has 0 radical (unpaired) electrons. The summed E-state index contributed by atoms with van der Waals surface area (Å²) in [5.74, 6) is 0.596. The number of hydrogen-bond donors (Lipinski definition) is 1. The van der Waals surface area contributed by atoms with E-state index in [1.807, 2.05) is 42.6 Å². The molecule has 132 valence electrons. The van der Waals surface area contributed by atoms with Gasteiger partial charge in [-0.05, 0) is 24.3 Å². The van der Waals surface area contributed by atoms with Gasteiger partial charge in [0.15, 0.2) is 0 Å². The van der Waals surface area contributed by atoms with Crippen LogP contribution in [-0.4, -0.2) is 46.7 Å². The molecule has 0 saturated carbocycles. The van der Waals surface area contributed by atoms with Gasteiger partial charge in [0.1, 0.15) is 12.1 Å². The highest BCUT2D eigenvalue weighted by molar-refractivity contribution is 6.08. The largest absolute Gasteiger partial charge is 0.378 e. The second kappa shape index (κ2) is 7.37. The number of carbonyl (C=O) groups excluding carboxylic acids is 1. The van der Waals surface area contributed by atoms with E-state index in [9.17, 15) is 4.79 Å². The fraction of sp³-hybridized carbons (Fsp3) is 0.211. The van der Waals surface area contributed by atoms with Crippen LogP contribution < -0.4 is 10.2 Å². The number of benzene rings is 1. The SMILES string of the molecule is O=C(Nc1ccc(-n2ccnc2)nc1)c1ccccc1N1CCOCC1.